The van der Waals surface area contributed by atoms with E-state index in [0.717, 1.165) is 30.6 Å². The van der Waals surface area contributed by atoms with E-state index in [2.05, 4.69) is 31.3 Å². The average Bonchev–Trinajstić information content (AvgIpc) is 2.65. The van der Waals surface area contributed by atoms with Gasteiger partial charge in [-0.1, -0.05) is 25.5 Å². The molecule has 0 spiro atoms. The van der Waals surface area contributed by atoms with Gasteiger partial charge in [0.25, 0.3) is 0 Å². The average molecular weight is 376 g/mol. The first-order valence-corrected chi connectivity index (χ1v) is 10.0. The van der Waals surface area contributed by atoms with E-state index < -0.39 is 0 Å². The highest BCUT2D eigenvalue weighted by molar-refractivity contribution is 5.77. The van der Waals surface area contributed by atoms with Crippen LogP contribution >= 0.6 is 0 Å². The summed E-state index contributed by atoms with van der Waals surface area (Å²) >= 11 is 0. The standard InChI is InChI=1S/C22H33NO4/c1-15-5-10-18-19(13-15)27-20(16-6-8-17(26-4)9-7-16)14-22(18,2)23-21(24)11-12-25-3/h6-9,15,18-20H,5,10-14H2,1-4H3,(H,23,24)/t15-,18-,19-,20-,22+/m1/s1. The van der Waals surface area contributed by atoms with Crippen molar-refractivity contribution in [3.05, 3.63) is 29.8 Å². The molecule has 1 N–H and O–H groups in total. The lowest BCUT2D eigenvalue weighted by molar-refractivity contribution is -0.154. The molecule has 0 bridgehead atoms. The van der Waals surface area contributed by atoms with Crippen LogP contribution in [0.25, 0.3) is 0 Å². The van der Waals surface area contributed by atoms with Crippen LogP contribution in [-0.2, 0) is 14.3 Å². The second-order valence-corrected chi connectivity index (χ2v) is 8.37. The Kier molecular flexibility index (Phi) is 6.43. The molecule has 3 rings (SSSR count). The van der Waals surface area contributed by atoms with Gasteiger partial charge in [0.2, 0.25) is 5.91 Å². The molecule has 5 heteroatoms. The molecule has 5 atom stereocenters. The highest BCUT2D eigenvalue weighted by Gasteiger charge is 2.49. The third-order valence-corrected chi connectivity index (χ3v) is 6.27. The van der Waals surface area contributed by atoms with E-state index in [4.69, 9.17) is 14.2 Å². The van der Waals surface area contributed by atoms with Gasteiger partial charge >= 0.3 is 0 Å². The van der Waals surface area contributed by atoms with E-state index in [9.17, 15) is 4.79 Å². The Morgan fingerprint density at radius 3 is 2.67 bits per heavy atom. The fraction of sp³-hybridized carbons (Fsp3) is 0.682. The van der Waals surface area contributed by atoms with Gasteiger partial charge < -0.3 is 19.5 Å². The molecule has 5 nitrogen and oxygen atoms in total. The van der Waals surface area contributed by atoms with Gasteiger partial charge in [0.15, 0.2) is 0 Å². The molecular formula is C22H33NO4. The predicted molar refractivity (Wildman–Crippen MR) is 105 cm³/mol. The SMILES string of the molecule is COCCC(=O)N[C@@]1(C)C[C@H](c2ccc(OC)cc2)O[C@@H]2C[C@H](C)CC[C@H]21. The van der Waals surface area contributed by atoms with E-state index in [1.54, 1.807) is 14.2 Å². The molecule has 2 aliphatic rings. The van der Waals surface area contributed by atoms with E-state index >= 15 is 0 Å². The monoisotopic (exact) mass is 375 g/mol. The maximum absolute atomic E-state index is 12.5. The normalized spacial score (nSPS) is 33.2. The topological polar surface area (TPSA) is 56.8 Å². The van der Waals surface area contributed by atoms with Crippen molar-refractivity contribution in [3.63, 3.8) is 0 Å². The molecule has 1 heterocycles. The van der Waals surface area contributed by atoms with E-state index in [0.29, 0.717) is 24.9 Å². The Bertz CT molecular complexity index is 632. The lowest BCUT2D eigenvalue weighted by Crippen LogP contribution is -2.60. The second-order valence-electron chi connectivity index (χ2n) is 8.37. The van der Waals surface area contributed by atoms with Gasteiger partial charge in [-0.15, -0.1) is 0 Å². The minimum absolute atomic E-state index is 0.0184. The number of hydrogen-bond acceptors (Lipinski definition) is 4. The highest BCUT2D eigenvalue weighted by atomic mass is 16.5. The first kappa shape index (κ1) is 20.2. The maximum atomic E-state index is 12.5. The minimum atomic E-state index is -0.265. The molecule has 1 aromatic carbocycles. The second kappa shape index (κ2) is 8.61. The van der Waals surface area contributed by atoms with E-state index in [1.165, 1.54) is 6.42 Å². The molecule has 0 aromatic heterocycles. The quantitative estimate of drug-likeness (QED) is 0.820. The van der Waals surface area contributed by atoms with Gasteiger partial charge in [0.05, 0.1) is 25.9 Å². The van der Waals surface area contributed by atoms with Crippen LogP contribution in [0.15, 0.2) is 24.3 Å². The van der Waals surface area contributed by atoms with Crippen molar-refractivity contribution in [1.82, 2.24) is 5.32 Å². The van der Waals surface area contributed by atoms with Crippen LogP contribution < -0.4 is 10.1 Å². The maximum Gasteiger partial charge on any atom is 0.222 e. The van der Waals surface area contributed by atoms with Crippen LogP contribution in [0.3, 0.4) is 0 Å². The van der Waals surface area contributed by atoms with Crippen molar-refractivity contribution in [2.24, 2.45) is 11.8 Å². The molecule has 150 valence electrons. The zero-order chi connectivity index (χ0) is 19.4. The smallest absolute Gasteiger partial charge is 0.222 e. The molecule has 0 unspecified atom stereocenters. The van der Waals surface area contributed by atoms with Crippen molar-refractivity contribution < 1.29 is 19.0 Å². The van der Waals surface area contributed by atoms with Gasteiger partial charge in [0, 0.05) is 31.4 Å². The number of rotatable bonds is 6. The largest absolute Gasteiger partial charge is 0.497 e. The van der Waals surface area contributed by atoms with Crippen LogP contribution in [0.2, 0.25) is 0 Å². The summed E-state index contributed by atoms with van der Waals surface area (Å²) in [6, 6.07) is 8.10. The molecule has 1 aliphatic heterocycles. The van der Waals surface area contributed by atoms with Crippen LogP contribution in [0.1, 0.15) is 57.6 Å². The molecule has 1 aliphatic carbocycles. The van der Waals surface area contributed by atoms with Crippen LogP contribution in [0, 0.1) is 11.8 Å². The predicted octanol–water partition coefficient (Wildman–Crippen LogP) is 3.87. The van der Waals surface area contributed by atoms with Crippen molar-refractivity contribution in [3.8, 4) is 5.75 Å². The molecule has 1 saturated carbocycles. The summed E-state index contributed by atoms with van der Waals surface area (Å²) in [6.45, 7) is 4.95. The molecule has 1 saturated heterocycles. The number of ether oxygens (including phenoxy) is 3. The number of carbonyl (C=O) groups excluding carboxylic acids is 1. The van der Waals surface area contributed by atoms with E-state index in [-0.39, 0.29) is 23.7 Å². The summed E-state index contributed by atoms with van der Waals surface area (Å²) in [5.41, 5.74) is 0.878. The number of carbonyl (C=O) groups is 1. The first-order valence-electron chi connectivity index (χ1n) is 10.0. The van der Waals surface area contributed by atoms with Gasteiger partial charge in [0.1, 0.15) is 5.75 Å². The summed E-state index contributed by atoms with van der Waals surface area (Å²) in [5, 5.41) is 3.34. The van der Waals surface area contributed by atoms with Gasteiger partial charge in [-0.3, -0.25) is 4.79 Å². The number of benzene rings is 1. The Balaban J connectivity index is 1.81. The number of methoxy groups -OCH3 is 2. The van der Waals surface area contributed by atoms with Crippen molar-refractivity contribution >= 4 is 5.91 Å². The molecule has 1 amide bonds. The van der Waals surface area contributed by atoms with Gasteiger partial charge in [-0.2, -0.15) is 0 Å². The van der Waals surface area contributed by atoms with Gasteiger partial charge in [-0.25, -0.2) is 0 Å². The zero-order valence-electron chi connectivity index (χ0n) is 17.0. The van der Waals surface area contributed by atoms with Gasteiger partial charge in [-0.05, 0) is 43.4 Å². The molecule has 1 aromatic rings. The third kappa shape index (κ3) is 4.64. The molecule has 2 fully saturated rings. The highest BCUT2D eigenvalue weighted by Crippen LogP contribution is 2.48. The van der Waals surface area contributed by atoms with Crippen LogP contribution in [0.5, 0.6) is 5.75 Å². The Morgan fingerprint density at radius 1 is 1.26 bits per heavy atom. The zero-order valence-corrected chi connectivity index (χ0v) is 17.0. The fourth-order valence-corrected chi connectivity index (χ4v) is 4.74. The summed E-state index contributed by atoms with van der Waals surface area (Å²) in [6.07, 6.45) is 4.70. The summed E-state index contributed by atoms with van der Waals surface area (Å²) in [7, 11) is 3.30. The number of amides is 1. The van der Waals surface area contributed by atoms with Crippen LogP contribution in [-0.4, -0.2) is 38.4 Å². The molecule has 27 heavy (non-hydrogen) atoms. The lowest BCUT2D eigenvalue weighted by Gasteiger charge is -2.52. The fourth-order valence-electron chi connectivity index (χ4n) is 4.74. The Labute approximate surface area is 162 Å². The van der Waals surface area contributed by atoms with Crippen molar-refractivity contribution in [2.45, 2.75) is 63.7 Å². The summed E-state index contributed by atoms with van der Waals surface area (Å²) in [4.78, 5) is 12.5. The van der Waals surface area contributed by atoms with Crippen molar-refractivity contribution in [1.29, 1.82) is 0 Å². The number of hydrogen-bond donors (Lipinski definition) is 1. The van der Waals surface area contributed by atoms with E-state index in [1.807, 2.05) is 12.1 Å². The number of nitrogens with one attached hydrogen (secondary N) is 1. The first-order chi connectivity index (χ1) is 12.9. The Morgan fingerprint density at radius 2 is 2.00 bits per heavy atom. The summed E-state index contributed by atoms with van der Waals surface area (Å²) < 4.78 is 16.9. The minimum Gasteiger partial charge on any atom is -0.497 e. The molecular weight excluding hydrogens is 342 g/mol. The van der Waals surface area contributed by atoms with Crippen molar-refractivity contribution in [2.75, 3.05) is 20.8 Å². The number of fused-ring (bicyclic) bond motifs is 1. The Hall–Kier alpha value is -1.59. The summed E-state index contributed by atoms with van der Waals surface area (Å²) in [5.74, 6) is 1.92. The molecule has 0 radical (unpaired) electrons. The lowest BCUT2D eigenvalue weighted by atomic mass is 9.66. The third-order valence-electron chi connectivity index (χ3n) is 6.27. The van der Waals surface area contributed by atoms with Crippen LogP contribution in [0.4, 0.5) is 0 Å².